The van der Waals surface area contributed by atoms with Crippen LogP contribution < -0.4 is 5.73 Å². The largest absolute Gasteiger partial charge is 0.387 e. The van der Waals surface area contributed by atoms with Crippen LogP contribution in [-0.2, 0) is 12.8 Å². The smallest absolute Gasteiger partial charge is 0.0938 e. The molecule has 3 N–H and O–H groups in total. The predicted octanol–water partition coefficient (Wildman–Crippen LogP) is 1.56. The summed E-state index contributed by atoms with van der Waals surface area (Å²) in [5.41, 5.74) is 9.45. The van der Waals surface area contributed by atoms with Crippen LogP contribution in [0.1, 0.15) is 36.1 Å². The van der Waals surface area contributed by atoms with Gasteiger partial charge in [-0.25, -0.2) is 0 Å². The highest BCUT2D eigenvalue weighted by Gasteiger charge is 2.16. The van der Waals surface area contributed by atoms with Crippen molar-refractivity contribution in [1.82, 2.24) is 0 Å². The Bertz CT molecular complexity index is 333. The molecule has 0 aliphatic heterocycles. The zero-order valence-electron chi connectivity index (χ0n) is 8.53. The molecule has 0 bridgehead atoms. The van der Waals surface area contributed by atoms with Crippen molar-refractivity contribution in [3.05, 3.63) is 34.9 Å². The maximum Gasteiger partial charge on any atom is 0.0938 e. The minimum Gasteiger partial charge on any atom is -0.387 e. The molecule has 14 heavy (non-hydrogen) atoms. The number of nitrogens with two attached hydrogens (primary N) is 1. The molecule has 0 aromatic heterocycles. The second-order valence-corrected chi connectivity index (χ2v) is 4.19. The molecule has 1 aromatic carbocycles. The van der Waals surface area contributed by atoms with Gasteiger partial charge >= 0.3 is 0 Å². The summed E-state index contributed by atoms with van der Waals surface area (Å²) in [6.07, 6.45) is 3.05. The topological polar surface area (TPSA) is 46.2 Å². The Balaban J connectivity index is 2.28. The Labute approximate surface area is 84.7 Å². The summed E-state index contributed by atoms with van der Waals surface area (Å²) >= 11 is 0. The summed E-state index contributed by atoms with van der Waals surface area (Å²) in [6, 6.07) is 6.03. The molecule has 1 aliphatic rings. The fourth-order valence-corrected chi connectivity index (χ4v) is 2.08. The standard InChI is InChI=1S/C12H17NO/c1-8(13)12(14)11-6-5-9-3-2-4-10(9)7-11/h5-8,12,14H,2-4,13H2,1H3. The molecule has 1 aliphatic carbocycles. The van der Waals surface area contributed by atoms with Crippen LogP contribution in [-0.4, -0.2) is 11.1 Å². The molecule has 0 heterocycles. The van der Waals surface area contributed by atoms with Gasteiger partial charge in [-0.3, -0.25) is 0 Å². The molecular formula is C12H17NO. The molecule has 2 unspecified atom stereocenters. The van der Waals surface area contributed by atoms with E-state index < -0.39 is 6.10 Å². The van der Waals surface area contributed by atoms with Gasteiger partial charge < -0.3 is 10.8 Å². The van der Waals surface area contributed by atoms with E-state index in [9.17, 15) is 5.11 Å². The zero-order chi connectivity index (χ0) is 10.1. The van der Waals surface area contributed by atoms with Gasteiger partial charge in [0.25, 0.3) is 0 Å². The minimum atomic E-state index is -0.527. The number of benzene rings is 1. The fourth-order valence-electron chi connectivity index (χ4n) is 2.08. The van der Waals surface area contributed by atoms with Crippen molar-refractivity contribution in [2.75, 3.05) is 0 Å². The molecule has 76 valence electrons. The summed E-state index contributed by atoms with van der Waals surface area (Å²) in [7, 11) is 0. The van der Waals surface area contributed by atoms with E-state index in [1.165, 1.54) is 24.0 Å². The van der Waals surface area contributed by atoms with Crippen molar-refractivity contribution in [3.63, 3.8) is 0 Å². The van der Waals surface area contributed by atoms with Gasteiger partial charge in [-0.05, 0) is 42.9 Å². The fraction of sp³-hybridized carbons (Fsp3) is 0.500. The summed E-state index contributed by atoms with van der Waals surface area (Å²) < 4.78 is 0. The molecule has 0 spiro atoms. The number of fused-ring (bicyclic) bond motifs is 1. The molecule has 0 amide bonds. The average Bonchev–Trinajstić information content (AvgIpc) is 2.62. The first-order chi connectivity index (χ1) is 6.68. The first-order valence-electron chi connectivity index (χ1n) is 5.24. The highest BCUT2D eigenvalue weighted by Crippen LogP contribution is 2.26. The Morgan fingerprint density at radius 3 is 2.71 bits per heavy atom. The summed E-state index contributed by atoms with van der Waals surface area (Å²) in [4.78, 5) is 0. The van der Waals surface area contributed by atoms with E-state index in [4.69, 9.17) is 5.73 Å². The van der Waals surface area contributed by atoms with Crippen LogP contribution >= 0.6 is 0 Å². The molecular weight excluding hydrogens is 174 g/mol. The molecule has 1 aromatic rings. The lowest BCUT2D eigenvalue weighted by molar-refractivity contribution is 0.153. The quantitative estimate of drug-likeness (QED) is 0.745. The first-order valence-corrected chi connectivity index (χ1v) is 5.24. The lowest BCUT2D eigenvalue weighted by Crippen LogP contribution is -2.24. The summed E-state index contributed by atoms with van der Waals surface area (Å²) in [6.45, 7) is 1.83. The van der Waals surface area contributed by atoms with Crippen molar-refractivity contribution in [3.8, 4) is 0 Å². The number of aliphatic hydroxyl groups excluding tert-OH is 1. The third-order valence-electron chi connectivity index (χ3n) is 2.96. The van der Waals surface area contributed by atoms with E-state index >= 15 is 0 Å². The molecule has 2 atom stereocenters. The van der Waals surface area contributed by atoms with Crippen LogP contribution in [0, 0.1) is 0 Å². The van der Waals surface area contributed by atoms with Crippen molar-refractivity contribution < 1.29 is 5.11 Å². The second kappa shape index (κ2) is 3.71. The normalized spacial score (nSPS) is 19.1. The van der Waals surface area contributed by atoms with Gasteiger partial charge in [0, 0.05) is 6.04 Å². The van der Waals surface area contributed by atoms with Crippen LogP contribution in [0.25, 0.3) is 0 Å². The number of aryl methyl sites for hydroxylation is 2. The SMILES string of the molecule is CC(N)C(O)c1ccc2c(c1)CCC2. The molecule has 2 nitrogen and oxygen atoms in total. The van der Waals surface area contributed by atoms with Gasteiger partial charge in [-0.2, -0.15) is 0 Å². The van der Waals surface area contributed by atoms with E-state index in [1.807, 2.05) is 13.0 Å². The van der Waals surface area contributed by atoms with Crippen molar-refractivity contribution in [2.24, 2.45) is 5.73 Å². The summed E-state index contributed by atoms with van der Waals surface area (Å²) in [5.74, 6) is 0. The Morgan fingerprint density at radius 1 is 1.29 bits per heavy atom. The van der Waals surface area contributed by atoms with Gasteiger partial charge in [0.1, 0.15) is 0 Å². The van der Waals surface area contributed by atoms with Gasteiger partial charge in [-0.1, -0.05) is 18.2 Å². The monoisotopic (exact) mass is 191 g/mol. The van der Waals surface area contributed by atoms with Gasteiger partial charge in [0.05, 0.1) is 6.10 Å². The van der Waals surface area contributed by atoms with Crippen molar-refractivity contribution in [2.45, 2.75) is 38.3 Å². The van der Waals surface area contributed by atoms with Gasteiger partial charge in [0.15, 0.2) is 0 Å². The lowest BCUT2D eigenvalue weighted by Gasteiger charge is -2.15. The molecule has 2 rings (SSSR count). The third-order valence-corrected chi connectivity index (χ3v) is 2.96. The first kappa shape index (κ1) is 9.69. The maximum atomic E-state index is 9.80. The third kappa shape index (κ3) is 1.68. The van der Waals surface area contributed by atoms with Gasteiger partial charge in [0.2, 0.25) is 0 Å². The molecule has 0 fully saturated rings. The van der Waals surface area contributed by atoms with E-state index in [-0.39, 0.29) is 6.04 Å². The van der Waals surface area contributed by atoms with Crippen molar-refractivity contribution >= 4 is 0 Å². The number of hydrogen-bond donors (Lipinski definition) is 2. The zero-order valence-corrected chi connectivity index (χ0v) is 8.53. The van der Waals surface area contributed by atoms with Crippen LogP contribution in [0.2, 0.25) is 0 Å². The number of hydrogen-bond acceptors (Lipinski definition) is 2. The van der Waals surface area contributed by atoms with Crippen LogP contribution in [0.5, 0.6) is 0 Å². The summed E-state index contributed by atoms with van der Waals surface area (Å²) in [5, 5.41) is 9.80. The maximum absolute atomic E-state index is 9.80. The molecule has 0 saturated carbocycles. The van der Waals surface area contributed by atoms with Crippen molar-refractivity contribution in [1.29, 1.82) is 0 Å². The molecule has 0 saturated heterocycles. The number of rotatable bonds is 2. The molecule has 2 heteroatoms. The highest BCUT2D eigenvalue weighted by atomic mass is 16.3. The van der Waals surface area contributed by atoms with E-state index in [0.717, 1.165) is 12.0 Å². The minimum absolute atomic E-state index is 0.200. The number of aliphatic hydroxyl groups is 1. The van der Waals surface area contributed by atoms with E-state index in [1.54, 1.807) is 0 Å². The predicted molar refractivity (Wildman–Crippen MR) is 57.1 cm³/mol. The Hall–Kier alpha value is -0.860. The van der Waals surface area contributed by atoms with Crippen LogP contribution in [0.4, 0.5) is 0 Å². The second-order valence-electron chi connectivity index (χ2n) is 4.19. The molecule has 0 radical (unpaired) electrons. The van der Waals surface area contributed by atoms with E-state index in [2.05, 4.69) is 12.1 Å². The van der Waals surface area contributed by atoms with Crippen LogP contribution in [0.3, 0.4) is 0 Å². The van der Waals surface area contributed by atoms with E-state index in [0.29, 0.717) is 0 Å². The Kier molecular flexibility index (Phi) is 2.57. The average molecular weight is 191 g/mol. The highest BCUT2D eigenvalue weighted by molar-refractivity contribution is 5.36. The van der Waals surface area contributed by atoms with Crippen LogP contribution in [0.15, 0.2) is 18.2 Å². The Morgan fingerprint density at radius 2 is 2.00 bits per heavy atom. The lowest BCUT2D eigenvalue weighted by atomic mass is 9.99. The van der Waals surface area contributed by atoms with Gasteiger partial charge in [-0.15, -0.1) is 0 Å².